The molecule has 0 aliphatic rings. The smallest absolute Gasteiger partial charge is 0.374 e. The zero-order valence-corrected chi connectivity index (χ0v) is 16.5. The fraction of sp³-hybridized carbons (Fsp3) is 0.125. The molecule has 5 nitrogen and oxygen atoms in total. The Balaban J connectivity index is 2.21. The molecule has 0 fully saturated rings. The first-order chi connectivity index (χ1) is 14.2. The first kappa shape index (κ1) is 20.0. The molecule has 29 heavy (non-hydrogen) atoms. The normalized spacial score (nSPS) is 10.0. The van der Waals surface area contributed by atoms with E-state index in [2.05, 4.69) is 0 Å². The average molecular weight is 390 g/mol. The van der Waals surface area contributed by atoms with E-state index in [1.54, 1.807) is 32.4 Å². The number of methoxy groups -OCH3 is 3. The summed E-state index contributed by atoms with van der Waals surface area (Å²) in [6, 6.07) is 24.2. The van der Waals surface area contributed by atoms with Gasteiger partial charge in [0.1, 0.15) is 17.2 Å². The molecule has 0 aliphatic heterocycles. The third-order valence-corrected chi connectivity index (χ3v) is 4.27. The van der Waals surface area contributed by atoms with Gasteiger partial charge in [0, 0.05) is 23.8 Å². The number of hydrogen-bond acceptors (Lipinski definition) is 5. The molecule has 0 saturated heterocycles. The number of benzene rings is 3. The van der Waals surface area contributed by atoms with E-state index in [1.807, 2.05) is 60.7 Å². The van der Waals surface area contributed by atoms with Gasteiger partial charge < -0.3 is 18.9 Å². The second-order valence-corrected chi connectivity index (χ2v) is 6.08. The maximum atomic E-state index is 12.7. The minimum absolute atomic E-state index is 0.0696. The van der Waals surface area contributed by atoms with Gasteiger partial charge in [0.2, 0.25) is 5.76 Å². The first-order valence-electron chi connectivity index (χ1n) is 9.00. The van der Waals surface area contributed by atoms with Gasteiger partial charge in [-0.15, -0.1) is 0 Å². The minimum Gasteiger partial charge on any atom is -0.496 e. The van der Waals surface area contributed by atoms with Gasteiger partial charge in [-0.2, -0.15) is 0 Å². The van der Waals surface area contributed by atoms with Crippen LogP contribution in [0.4, 0.5) is 0 Å². The topological polar surface area (TPSA) is 54.0 Å². The summed E-state index contributed by atoms with van der Waals surface area (Å²) >= 11 is 0. The lowest BCUT2D eigenvalue weighted by Gasteiger charge is -2.16. The summed E-state index contributed by atoms with van der Waals surface area (Å²) in [6.07, 6.45) is 0. The van der Waals surface area contributed by atoms with Crippen LogP contribution in [-0.2, 0) is 9.53 Å². The molecule has 3 rings (SSSR count). The molecule has 0 aliphatic carbocycles. The number of rotatable bonds is 7. The standard InChI is InChI=1S/C24H22O5/c1-26-19-14-20(27-2)16-21(15-19)29-23(24(25)28-3)22(17-10-6-4-7-11-17)18-12-8-5-9-13-18/h4-16H,1-3H3. The highest BCUT2D eigenvalue weighted by atomic mass is 16.6. The number of carbonyl (C=O) groups is 1. The molecule has 0 unspecified atom stereocenters. The van der Waals surface area contributed by atoms with Gasteiger partial charge in [-0.1, -0.05) is 60.7 Å². The zero-order chi connectivity index (χ0) is 20.6. The highest BCUT2D eigenvalue weighted by molar-refractivity contribution is 6.00. The summed E-state index contributed by atoms with van der Waals surface area (Å²) in [5, 5.41) is 0. The van der Waals surface area contributed by atoms with Crippen LogP contribution in [0.25, 0.3) is 5.57 Å². The van der Waals surface area contributed by atoms with Crippen molar-refractivity contribution >= 4 is 11.5 Å². The predicted octanol–water partition coefficient (Wildman–Crippen LogP) is 4.72. The SMILES string of the molecule is COC(=O)C(Oc1cc(OC)cc(OC)c1)=C(c1ccccc1)c1ccccc1. The van der Waals surface area contributed by atoms with Gasteiger partial charge in [0.05, 0.1) is 21.3 Å². The molecule has 0 bridgehead atoms. The van der Waals surface area contributed by atoms with Crippen molar-refractivity contribution in [3.05, 3.63) is 95.7 Å². The summed E-state index contributed by atoms with van der Waals surface area (Å²) in [5.41, 5.74) is 2.28. The lowest BCUT2D eigenvalue weighted by molar-refractivity contribution is -0.138. The summed E-state index contributed by atoms with van der Waals surface area (Å²) in [4.78, 5) is 12.7. The molecule has 0 amide bonds. The molecule has 3 aromatic carbocycles. The van der Waals surface area contributed by atoms with Gasteiger partial charge in [-0.25, -0.2) is 4.79 Å². The van der Waals surface area contributed by atoms with E-state index in [-0.39, 0.29) is 5.76 Å². The molecule has 5 heteroatoms. The van der Waals surface area contributed by atoms with Crippen LogP contribution >= 0.6 is 0 Å². The number of esters is 1. The van der Waals surface area contributed by atoms with Crippen molar-refractivity contribution in [2.75, 3.05) is 21.3 Å². The van der Waals surface area contributed by atoms with Crippen LogP contribution in [0.15, 0.2) is 84.6 Å². The van der Waals surface area contributed by atoms with Crippen molar-refractivity contribution in [2.45, 2.75) is 0 Å². The molecular formula is C24H22O5. The summed E-state index contributed by atoms with van der Waals surface area (Å²) in [7, 11) is 4.43. The molecule has 0 N–H and O–H groups in total. The molecule has 0 heterocycles. The van der Waals surface area contributed by atoms with E-state index in [1.165, 1.54) is 7.11 Å². The van der Waals surface area contributed by atoms with E-state index in [0.29, 0.717) is 22.8 Å². The Kier molecular flexibility index (Phi) is 6.53. The van der Waals surface area contributed by atoms with Gasteiger partial charge in [0.25, 0.3) is 0 Å². The fourth-order valence-electron chi connectivity index (χ4n) is 2.88. The molecule has 0 spiro atoms. The van der Waals surface area contributed by atoms with Crippen molar-refractivity contribution in [3.63, 3.8) is 0 Å². The largest absolute Gasteiger partial charge is 0.496 e. The Bertz CT molecular complexity index is 931. The van der Waals surface area contributed by atoms with Crippen LogP contribution in [0.3, 0.4) is 0 Å². The van der Waals surface area contributed by atoms with Gasteiger partial charge >= 0.3 is 5.97 Å². The first-order valence-corrected chi connectivity index (χ1v) is 9.00. The summed E-state index contributed by atoms with van der Waals surface area (Å²) in [5.74, 6) is 0.967. The van der Waals surface area contributed by atoms with Crippen LogP contribution in [0.2, 0.25) is 0 Å². The van der Waals surface area contributed by atoms with E-state index in [0.717, 1.165) is 11.1 Å². The second kappa shape index (κ2) is 9.46. The van der Waals surface area contributed by atoms with Crippen LogP contribution < -0.4 is 14.2 Å². The Morgan fingerprint density at radius 3 is 1.52 bits per heavy atom. The van der Waals surface area contributed by atoms with Crippen molar-refractivity contribution in [1.82, 2.24) is 0 Å². The van der Waals surface area contributed by atoms with E-state index in [9.17, 15) is 4.79 Å². The quantitative estimate of drug-likeness (QED) is 0.332. The Labute approximate surface area is 170 Å². The van der Waals surface area contributed by atoms with Crippen molar-refractivity contribution < 1.29 is 23.7 Å². The van der Waals surface area contributed by atoms with Crippen LogP contribution in [0.5, 0.6) is 17.2 Å². The number of hydrogen-bond donors (Lipinski definition) is 0. The van der Waals surface area contributed by atoms with E-state index in [4.69, 9.17) is 18.9 Å². The van der Waals surface area contributed by atoms with Crippen molar-refractivity contribution in [1.29, 1.82) is 0 Å². The second-order valence-electron chi connectivity index (χ2n) is 6.08. The molecule has 0 saturated carbocycles. The lowest BCUT2D eigenvalue weighted by Crippen LogP contribution is -2.14. The average Bonchev–Trinajstić information content (AvgIpc) is 2.79. The van der Waals surface area contributed by atoms with Crippen LogP contribution in [0, 0.1) is 0 Å². The molecule has 0 atom stereocenters. The number of carbonyl (C=O) groups excluding carboxylic acids is 1. The molecule has 0 aromatic heterocycles. The highest BCUT2D eigenvalue weighted by Crippen LogP contribution is 2.33. The summed E-state index contributed by atoms with van der Waals surface area (Å²) in [6.45, 7) is 0. The van der Waals surface area contributed by atoms with Crippen molar-refractivity contribution in [2.24, 2.45) is 0 Å². The van der Waals surface area contributed by atoms with Gasteiger partial charge in [0.15, 0.2) is 0 Å². The third kappa shape index (κ3) is 4.76. The Hall–Kier alpha value is -3.73. The third-order valence-electron chi connectivity index (χ3n) is 4.27. The maximum absolute atomic E-state index is 12.7. The van der Waals surface area contributed by atoms with Gasteiger partial charge in [-0.05, 0) is 11.1 Å². The molecular weight excluding hydrogens is 368 g/mol. The van der Waals surface area contributed by atoms with Crippen LogP contribution in [-0.4, -0.2) is 27.3 Å². The van der Waals surface area contributed by atoms with Crippen molar-refractivity contribution in [3.8, 4) is 17.2 Å². The monoisotopic (exact) mass is 390 g/mol. The number of ether oxygens (including phenoxy) is 4. The molecule has 0 radical (unpaired) electrons. The summed E-state index contributed by atoms with van der Waals surface area (Å²) < 4.78 is 21.7. The zero-order valence-electron chi connectivity index (χ0n) is 16.5. The molecule has 3 aromatic rings. The van der Waals surface area contributed by atoms with Gasteiger partial charge in [-0.3, -0.25) is 0 Å². The molecule has 148 valence electrons. The maximum Gasteiger partial charge on any atom is 0.374 e. The Morgan fingerprint density at radius 2 is 1.10 bits per heavy atom. The Morgan fingerprint density at radius 1 is 0.655 bits per heavy atom. The lowest BCUT2D eigenvalue weighted by atomic mass is 9.96. The van der Waals surface area contributed by atoms with E-state index < -0.39 is 5.97 Å². The highest BCUT2D eigenvalue weighted by Gasteiger charge is 2.22. The van der Waals surface area contributed by atoms with Crippen LogP contribution in [0.1, 0.15) is 11.1 Å². The van der Waals surface area contributed by atoms with E-state index >= 15 is 0 Å². The minimum atomic E-state index is -0.588. The predicted molar refractivity (Wildman–Crippen MR) is 111 cm³/mol. The fourth-order valence-corrected chi connectivity index (χ4v) is 2.88.